The van der Waals surface area contributed by atoms with Gasteiger partial charge in [0.1, 0.15) is 12.4 Å². The van der Waals surface area contributed by atoms with Gasteiger partial charge in [-0.3, -0.25) is 4.79 Å². The number of hydrogen-bond donors (Lipinski definition) is 2. The number of amides is 1. The average Bonchev–Trinajstić information content (AvgIpc) is 2.48. The molecule has 0 saturated carbocycles. The normalized spacial score (nSPS) is 10.2. The molecule has 2 aromatic rings. The van der Waals surface area contributed by atoms with E-state index >= 15 is 0 Å². The molecule has 0 saturated heterocycles. The summed E-state index contributed by atoms with van der Waals surface area (Å²) in [6, 6.07) is 13.2. The predicted molar refractivity (Wildman–Crippen MR) is 84.6 cm³/mol. The summed E-state index contributed by atoms with van der Waals surface area (Å²) in [4.78, 5) is 12.1. The molecule has 0 bridgehead atoms. The highest BCUT2D eigenvalue weighted by Crippen LogP contribution is 2.17. The molecular weight excluding hydrogens is 264 g/mol. The Hall–Kier alpha value is -2.49. The van der Waals surface area contributed by atoms with Crippen LogP contribution in [0.2, 0.25) is 0 Å². The molecule has 0 aromatic heterocycles. The minimum absolute atomic E-state index is 0.129. The number of nitrogen functional groups attached to an aromatic ring is 1. The van der Waals surface area contributed by atoms with Gasteiger partial charge < -0.3 is 15.8 Å². The molecule has 0 fully saturated rings. The number of benzene rings is 2. The Morgan fingerprint density at radius 3 is 2.57 bits per heavy atom. The summed E-state index contributed by atoms with van der Waals surface area (Å²) in [6.45, 7) is 4.70. The number of ether oxygens (including phenoxy) is 1. The van der Waals surface area contributed by atoms with Crippen LogP contribution in [0.1, 0.15) is 21.5 Å². The zero-order valence-corrected chi connectivity index (χ0v) is 12.3. The van der Waals surface area contributed by atoms with Crippen LogP contribution in [0, 0.1) is 13.8 Å². The van der Waals surface area contributed by atoms with Gasteiger partial charge in [-0.25, -0.2) is 0 Å². The van der Waals surface area contributed by atoms with E-state index in [0.29, 0.717) is 24.4 Å². The molecule has 21 heavy (non-hydrogen) atoms. The molecule has 4 heteroatoms. The van der Waals surface area contributed by atoms with Crippen molar-refractivity contribution in [2.75, 3.05) is 18.9 Å². The minimum atomic E-state index is -0.129. The Bertz CT molecular complexity index is 624. The Balaban J connectivity index is 1.86. The Morgan fingerprint density at radius 2 is 1.86 bits per heavy atom. The highest BCUT2D eigenvalue weighted by atomic mass is 16.5. The molecule has 0 unspecified atom stereocenters. The van der Waals surface area contributed by atoms with Gasteiger partial charge in [0.2, 0.25) is 0 Å². The van der Waals surface area contributed by atoms with E-state index in [4.69, 9.17) is 10.5 Å². The quantitative estimate of drug-likeness (QED) is 0.655. The van der Waals surface area contributed by atoms with Crippen LogP contribution in [-0.4, -0.2) is 19.1 Å². The van der Waals surface area contributed by atoms with Crippen molar-refractivity contribution in [1.29, 1.82) is 0 Å². The van der Waals surface area contributed by atoms with Gasteiger partial charge in [-0.05, 0) is 43.2 Å². The van der Waals surface area contributed by atoms with Crippen LogP contribution in [-0.2, 0) is 0 Å². The second-order valence-electron chi connectivity index (χ2n) is 4.94. The van der Waals surface area contributed by atoms with Gasteiger partial charge in [0, 0.05) is 11.3 Å². The third kappa shape index (κ3) is 3.99. The molecule has 0 aliphatic heterocycles. The molecule has 2 rings (SSSR count). The molecular formula is C17H20N2O2. The van der Waals surface area contributed by atoms with E-state index in [-0.39, 0.29) is 5.91 Å². The maximum Gasteiger partial charge on any atom is 0.251 e. The Labute approximate surface area is 124 Å². The molecule has 0 aliphatic carbocycles. The summed E-state index contributed by atoms with van der Waals surface area (Å²) in [5, 5.41) is 2.84. The van der Waals surface area contributed by atoms with E-state index in [1.54, 1.807) is 6.07 Å². The summed E-state index contributed by atoms with van der Waals surface area (Å²) in [5.74, 6) is 0.665. The van der Waals surface area contributed by atoms with Crippen LogP contribution in [0.5, 0.6) is 5.75 Å². The number of nitrogens with two attached hydrogens (primary N) is 1. The van der Waals surface area contributed by atoms with Gasteiger partial charge in [-0.2, -0.15) is 0 Å². The molecule has 0 aliphatic rings. The minimum Gasteiger partial charge on any atom is -0.492 e. The molecule has 0 atom stereocenters. The smallest absolute Gasteiger partial charge is 0.251 e. The van der Waals surface area contributed by atoms with Gasteiger partial charge in [0.05, 0.1) is 6.54 Å². The number of anilines is 1. The van der Waals surface area contributed by atoms with Crippen LogP contribution in [0.25, 0.3) is 0 Å². The summed E-state index contributed by atoms with van der Waals surface area (Å²) < 4.78 is 5.53. The number of rotatable bonds is 5. The third-order valence-electron chi connectivity index (χ3n) is 3.26. The van der Waals surface area contributed by atoms with Crippen molar-refractivity contribution in [3.05, 3.63) is 59.2 Å². The molecule has 0 spiro atoms. The van der Waals surface area contributed by atoms with Gasteiger partial charge in [0.15, 0.2) is 0 Å². The fourth-order valence-electron chi connectivity index (χ4n) is 2.06. The molecule has 0 heterocycles. The van der Waals surface area contributed by atoms with E-state index in [2.05, 4.69) is 5.32 Å². The van der Waals surface area contributed by atoms with E-state index in [1.165, 1.54) is 0 Å². The second-order valence-corrected chi connectivity index (χ2v) is 4.94. The third-order valence-corrected chi connectivity index (χ3v) is 3.26. The van der Waals surface area contributed by atoms with Crippen molar-refractivity contribution in [3.8, 4) is 5.75 Å². The van der Waals surface area contributed by atoms with Gasteiger partial charge in [-0.1, -0.05) is 24.3 Å². The molecule has 3 N–H and O–H groups in total. The van der Waals surface area contributed by atoms with E-state index in [0.717, 1.165) is 16.9 Å². The second kappa shape index (κ2) is 6.79. The van der Waals surface area contributed by atoms with E-state index < -0.39 is 0 Å². The summed E-state index contributed by atoms with van der Waals surface area (Å²) in [5.41, 5.74) is 9.00. The SMILES string of the molecule is Cc1cc(C)c(C(=O)NCCOc2ccccc2)cc1N. The number of carbonyl (C=O) groups is 1. The van der Waals surface area contributed by atoms with Crippen molar-refractivity contribution < 1.29 is 9.53 Å². The fourth-order valence-corrected chi connectivity index (χ4v) is 2.06. The maximum absolute atomic E-state index is 12.1. The number of nitrogens with one attached hydrogen (secondary N) is 1. The largest absolute Gasteiger partial charge is 0.492 e. The highest BCUT2D eigenvalue weighted by molar-refractivity contribution is 5.96. The molecule has 1 amide bonds. The van der Waals surface area contributed by atoms with Crippen LogP contribution >= 0.6 is 0 Å². The standard InChI is InChI=1S/C17H20N2O2/c1-12-10-13(2)16(18)11-15(12)17(20)19-8-9-21-14-6-4-3-5-7-14/h3-7,10-11H,8-9,18H2,1-2H3,(H,19,20). The fraction of sp³-hybridized carbons (Fsp3) is 0.235. The molecule has 110 valence electrons. The van der Waals surface area contributed by atoms with Crippen molar-refractivity contribution >= 4 is 11.6 Å². The topological polar surface area (TPSA) is 64.3 Å². The maximum atomic E-state index is 12.1. The number of aryl methyl sites for hydroxylation is 2. The van der Waals surface area contributed by atoms with E-state index in [9.17, 15) is 4.79 Å². The van der Waals surface area contributed by atoms with Crippen molar-refractivity contribution in [1.82, 2.24) is 5.32 Å². The number of carbonyl (C=O) groups excluding carboxylic acids is 1. The highest BCUT2D eigenvalue weighted by Gasteiger charge is 2.10. The van der Waals surface area contributed by atoms with Crippen LogP contribution < -0.4 is 15.8 Å². The monoisotopic (exact) mass is 284 g/mol. The van der Waals surface area contributed by atoms with Crippen LogP contribution in [0.3, 0.4) is 0 Å². The molecule has 0 radical (unpaired) electrons. The lowest BCUT2D eigenvalue weighted by Gasteiger charge is -2.11. The molecule has 2 aromatic carbocycles. The molecule has 4 nitrogen and oxygen atoms in total. The van der Waals surface area contributed by atoms with Crippen molar-refractivity contribution in [3.63, 3.8) is 0 Å². The predicted octanol–water partition coefficient (Wildman–Crippen LogP) is 2.69. The van der Waals surface area contributed by atoms with Crippen LogP contribution in [0.4, 0.5) is 5.69 Å². The first-order chi connectivity index (χ1) is 10.1. The Kier molecular flexibility index (Phi) is 4.82. The lowest BCUT2D eigenvalue weighted by Crippen LogP contribution is -2.28. The summed E-state index contributed by atoms with van der Waals surface area (Å²) in [6.07, 6.45) is 0. The van der Waals surface area contributed by atoms with Crippen molar-refractivity contribution in [2.45, 2.75) is 13.8 Å². The first kappa shape index (κ1) is 14.9. The lowest BCUT2D eigenvalue weighted by molar-refractivity contribution is 0.0946. The Morgan fingerprint density at radius 1 is 1.14 bits per heavy atom. The first-order valence-corrected chi connectivity index (χ1v) is 6.90. The zero-order chi connectivity index (χ0) is 15.2. The van der Waals surface area contributed by atoms with Gasteiger partial charge in [0.25, 0.3) is 5.91 Å². The first-order valence-electron chi connectivity index (χ1n) is 6.90. The summed E-state index contributed by atoms with van der Waals surface area (Å²) in [7, 11) is 0. The number of para-hydroxylation sites is 1. The van der Waals surface area contributed by atoms with Gasteiger partial charge >= 0.3 is 0 Å². The van der Waals surface area contributed by atoms with E-state index in [1.807, 2.05) is 50.2 Å². The van der Waals surface area contributed by atoms with Gasteiger partial charge in [-0.15, -0.1) is 0 Å². The number of hydrogen-bond acceptors (Lipinski definition) is 3. The average molecular weight is 284 g/mol. The lowest BCUT2D eigenvalue weighted by atomic mass is 10.0. The zero-order valence-electron chi connectivity index (χ0n) is 12.3. The van der Waals surface area contributed by atoms with Crippen molar-refractivity contribution in [2.24, 2.45) is 0 Å². The summed E-state index contributed by atoms with van der Waals surface area (Å²) >= 11 is 0. The van der Waals surface area contributed by atoms with Crippen LogP contribution in [0.15, 0.2) is 42.5 Å².